The van der Waals surface area contributed by atoms with Crippen LogP contribution in [0, 0.1) is 5.92 Å². The zero-order chi connectivity index (χ0) is 16.1. The Morgan fingerprint density at radius 3 is 2.75 bits per heavy atom. The maximum Gasteiger partial charge on any atom is 0.193 e. The van der Waals surface area contributed by atoms with E-state index in [9.17, 15) is 5.11 Å². The highest BCUT2D eigenvalue weighted by atomic mass is 127. The first kappa shape index (κ1) is 19.5. The number of hydrogen-bond donors (Lipinski definition) is 2. The van der Waals surface area contributed by atoms with Crippen molar-refractivity contribution < 1.29 is 9.63 Å². The molecule has 2 N–H and O–H groups in total. The number of rotatable bonds is 4. The van der Waals surface area contributed by atoms with Crippen LogP contribution in [0.2, 0.25) is 0 Å². The van der Waals surface area contributed by atoms with Gasteiger partial charge in [-0.1, -0.05) is 11.6 Å². The smallest absolute Gasteiger partial charge is 0.193 e. The number of halogens is 1. The number of aliphatic imine (C=N–C) groups is 1. The number of guanidine groups is 1. The summed E-state index contributed by atoms with van der Waals surface area (Å²) >= 11 is 0. The molecular formula is C16H28IN5O2. The normalized spacial score (nSPS) is 25.6. The third-order valence-electron chi connectivity index (χ3n) is 4.90. The molecule has 2 fully saturated rings. The zero-order valence-corrected chi connectivity index (χ0v) is 16.6. The van der Waals surface area contributed by atoms with Gasteiger partial charge in [-0.15, -0.1) is 24.0 Å². The second kappa shape index (κ2) is 9.57. The second-order valence-corrected chi connectivity index (χ2v) is 6.44. The zero-order valence-electron chi connectivity index (χ0n) is 14.2. The van der Waals surface area contributed by atoms with E-state index in [1.54, 1.807) is 6.26 Å². The fourth-order valence-electron chi connectivity index (χ4n) is 3.48. The largest absolute Gasteiger partial charge is 0.393 e. The van der Waals surface area contributed by atoms with Crippen molar-refractivity contribution in [1.82, 2.24) is 20.3 Å². The Morgan fingerprint density at radius 1 is 1.38 bits per heavy atom. The van der Waals surface area contributed by atoms with E-state index in [0.29, 0.717) is 5.92 Å². The number of piperazine rings is 1. The third-order valence-corrected chi connectivity index (χ3v) is 4.90. The van der Waals surface area contributed by atoms with Gasteiger partial charge in [0.1, 0.15) is 6.26 Å². The predicted octanol–water partition coefficient (Wildman–Crippen LogP) is 1.15. The van der Waals surface area contributed by atoms with E-state index >= 15 is 0 Å². The molecular weight excluding hydrogens is 421 g/mol. The second-order valence-electron chi connectivity index (χ2n) is 6.44. The Labute approximate surface area is 160 Å². The van der Waals surface area contributed by atoms with Crippen molar-refractivity contribution >= 4 is 29.9 Å². The number of aliphatic hydroxyl groups is 1. The molecule has 2 unspecified atom stereocenters. The minimum absolute atomic E-state index is 0. The summed E-state index contributed by atoms with van der Waals surface area (Å²) in [7, 11) is 1.83. The van der Waals surface area contributed by atoms with Gasteiger partial charge < -0.3 is 19.8 Å². The van der Waals surface area contributed by atoms with Gasteiger partial charge in [0.25, 0.3) is 0 Å². The van der Waals surface area contributed by atoms with Crippen molar-refractivity contribution in [1.29, 1.82) is 0 Å². The molecule has 136 valence electrons. The number of nitrogens with zero attached hydrogens (tertiary/aromatic N) is 4. The van der Waals surface area contributed by atoms with Crippen molar-refractivity contribution in [3.63, 3.8) is 0 Å². The molecule has 8 heteroatoms. The Balaban J connectivity index is 0.00000208. The molecule has 0 amide bonds. The summed E-state index contributed by atoms with van der Waals surface area (Å²) in [6.45, 7) is 5.52. The van der Waals surface area contributed by atoms with Crippen LogP contribution < -0.4 is 5.32 Å². The Hall–Kier alpha value is -0.870. The number of hydrogen-bond acceptors (Lipinski definition) is 5. The highest BCUT2D eigenvalue weighted by Crippen LogP contribution is 2.24. The lowest BCUT2D eigenvalue weighted by atomic mass is 10.1. The molecule has 2 atom stereocenters. The Morgan fingerprint density at radius 2 is 2.17 bits per heavy atom. The number of aliphatic hydroxyl groups excluding tert-OH is 1. The highest BCUT2D eigenvalue weighted by molar-refractivity contribution is 14.0. The minimum atomic E-state index is -0.153. The molecule has 1 aliphatic carbocycles. The van der Waals surface area contributed by atoms with Crippen LogP contribution in [0.4, 0.5) is 0 Å². The van der Waals surface area contributed by atoms with E-state index in [1.165, 1.54) is 0 Å². The molecule has 24 heavy (non-hydrogen) atoms. The summed E-state index contributed by atoms with van der Waals surface area (Å²) in [6, 6.07) is 1.92. The van der Waals surface area contributed by atoms with Gasteiger partial charge in [0.2, 0.25) is 0 Å². The summed E-state index contributed by atoms with van der Waals surface area (Å²) in [5, 5.41) is 17.3. The minimum Gasteiger partial charge on any atom is -0.393 e. The lowest BCUT2D eigenvalue weighted by molar-refractivity contribution is 0.132. The van der Waals surface area contributed by atoms with Crippen molar-refractivity contribution in [3.05, 3.63) is 18.0 Å². The van der Waals surface area contributed by atoms with E-state index in [0.717, 1.165) is 70.2 Å². The average molecular weight is 449 g/mol. The first-order chi connectivity index (χ1) is 11.3. The quantitative estimate of drug-likeness (QED) is 0.408. The first-order valence-electron chi connectivity index (χ1n) is 8.51. The molecule has 0 spiro atoms. The van der Waals surface area contributed by atoms with Crippen LogP contribution in [0.3, 0.4) is 0 Å². The van der Waals surface area contributed by atoms with Gasteiger partial charge in [-0.3, -0.25) is 9.89 Å². The maximum absolute atomic E-state index is 9.93. The van der Waals surface area contributed by atoms with E-state index in [-0.39, 0.29) is 30.1 Å². The first-order valence-corrected chi connectivity index (χ1v) is 8.51. The summed E-state index contributed by atoms with van der Waals surface area (Å²) in [5.41, 5.74) is 0.983. The van der Waals surface area contributed by atoms with Crippen molar-refractivity contribution in [3.8, 4) is 0 Å². The fraction of sp³-hybridized carbons (Fsp3) is 0.750. The Kier molecular flexibility index (Phi) is 7.76. The molecule has 1 aromatic heterocycles. The molecule has 3 rings (SSSR count). The molecule has 0 bridgehead atoms. The predicted molar refractivity (Wildman–Crippen MR) is 103 cm³/mol. The summed E-state index contributed by atoms with van der Waals surface area (Å²) in [4.78, 5) is 9.07. The fourth-order valence-corrected chi connectivity index (χ4v) is 3.48. The van der Waals surface area contributed by atoms with Gasteiger partial charge >= 0.3 is 0 Å². The third kappa shape index (κ3) is 5.06. The van der Waals surface area contributed by atoms with Gasteiger partial charge in [-0.05, 0) is 12.8 Å². The van der Waals surface area contributed by atoms with Crippen LogP contribution in [0.1, 0.15) is 25.0 Å². The van der Waals surface area contributed by atoms with Gasteiger partial charge in [-0.2, -0.15) is 0 Å². The molecule has 1 saturated heterocycles. The molecule has 2 aliphatic rings. The van der Waals surface area contributed by atoms with Crippen molar-refractivity contribution in [2.75, 3.05) is 39.8 Å². The molecule has 1 aromatic rings. The van der Waals surface area contributed by atoms with Crippen LogP contribution in [0.25, 0.3) is 0 Å². The van der Waals surface area contributed by atoms with E-state index in [1.807, 2.05) is 13.1 Å². The van der Waals surface area contributed by atoms with Crippen molar-refractivity contribution in [2.45, 2.75) is 31.9 Å². The average Bonchev–Trinajstić information content (AvgIpc) is 3.21. The molecule has 1 aliphatic heterocycles. The van der Waals surface area contributed by atoms with Crippen molar-refractivity contribution in [2.24, 2.45) is 10.9 Å². The maximum atomic E-state index is 9.93. The number of nitrogens with one attached hydrogen (secondary N) is 1. The van der Waals surface area contributed by atoms with Gasteiger partial charge in [0.15, 0.2) is 5.96 Å². The summed E-state index contributed by atoms with van der Waals surface area (Å²) in [6.07, 6.45) is 4.64. The van der Waals surface area contributed by atoms with Crippen LogP contribution >= 0.6 is 24.0 Å². The van der Waals surface area contributed by atoms with Crippen LogP contribution in [-0.4, -0.2) is 71.9 Å². The number of aromatic nitrogens is 1. The van der Waals surface area contributed by atoms with Gasteiger partial charge in [0, 0.05) is 58.3 Å². The standard InChI is InChI=1S/C16H27N5O2.HI/c1-17-16(18-11-13-3-2-4-15(13)22)21-8-6-20(7-9-21)12-14-5-10-23-19-14;/h5,10,13,15,22H,2-4,6-9,11-12H2,1H3,(H,17,18);1H. The molecule has 7 nitrogen and oxygen atoms in total. The molecule has 0 radical (unpaired) electrons. The van der Waals surface area contributed by atoms with Crippen LogP contribution in [-0.2, 0) is 6.54 Å². The molecule has 1 saturated carbocycles. The van der Waals surface area contributed by atoms with Gasteiger partial charge in [-0.25, -0.2) is 0 Å². The van der Waals surface area contributed by atoms with Crippen LogP contribution in [0.5, 0.6) is 0 Å². The topological polar surface area (TPSA) is 77.1 Å². The molecule has 2 heterocycles. The van der Waals surface area contributed by atoms with Gasteiger partial charge in [0.05, 0.1) is 11.8 Å². The monoisotopic (exact) mass is 449 g/mol. The summed E-state index contributed by atoms with van der Waals surface area (Å²) in [5.74, 6) is 1.31. The highest BCUT2D eigenvalue weighted by Gasteiger charge is 2.26. The van der Waals surface area contributed by atoms with E-state index < -0.39 is 0 Å². The van der Waals surface area contributed by atoms with Crippen LogP contribution in [0.15, 0.2) is 21.8 Å². The SMILES string of the molecule is CN=C(NCC1CCCC1O)N1CCN(Cc2ccon2)CC1.I. The lowest BCUT2D eigenvalue weighted by Gasteiger charge is -2.36. The molecule has 0 aromatic carbocycles. The lowest BCUT2D eigenvalue weighted by Crippen LogP contribution is -2.53. The van der Waals surface area contributed by atoms with E-state index in [2.05, 4.69) is 25.3 Å². The van der Waals surface area contributed by atoms with E-state index in [4.69, 9.17) is 4.52 Å². The summed E-state index contributed by atoms with van der Waals surface area (Å²) < 4.78 is 4.89. The Bertz CT molecular complexity index is 503.